The van der Waals surface area contributed by atoms with Crippen molar-refractivity contribution in [3.8, 4) is 0 Å². The molecule has 1 amide bonds. The highest BCUT2D eigenvalue weighted by atomic mass is 16.4. The molecule has 2 N–H and O–H groups in total. The molecule has 0 heterocycles. The van der Waals surface area contributed by atoms with Crippen LogP contribution < -0.4 is 5.32 Å². The van der Waals surface area contributed by atoms with Crippen molar-refractivity contribution in [1.82, 2.24) is 5.32 Å². The number of nitrogens with one attached hydrogen (secondary N) is 1. The number of carboxylic acids is 1. The molecule has 0 unspecified atom stereocenters. The van der Waals surface area contributed by atoms with Gasteiger partial charge in [0.15, 0.2) is 0 Å². The van der Waals surface area contributed by atoms with E-state index in [1.807, 2.05) is 6.92 Å². The number of carboxylic acid groups (broad SMARTS) is 1. The van der Waals surface area contributed by atoms with Crippen LogP contribution in [0.3, 0.4) is 0 Å². The Morgan fingerprint density at radius 1 is 1.27 bits per heavy atom. The average Bonchev–Trinajstić information content (AvgIpc) is 1.98. The molecular formula is C11H17NO3. The summed E-state index contributed by atoms with van der Waals surface area (Å²) in [5.41, 5.74) is 0.207. The predicted molar refractivity (Wildman–Crippen MR) is 54.2 cm³/mol. The number of rotatable bonds is 3. The van der Waals surface area contributed by atoms with Crippen molar-refractivity contribution in [2.24, 2.45) is 17.3 Å². The van der Waals surface area contributed by atoms with Crippen molar-refractivity contribution in [2.45, 2.75) is 32.6 Å². The minimum absolute atomic E-state index is 0.139. The van der Waals surface area contributed by atoms with Crippen LogP contribution in [0.2, 0.25) is 0 Å². The predicted octanol–water partition coefficient (Wildman–Crippen LogP) is 1.01. The molecule has 0 aromatic heterocycles. The number of hydrogen-bond donors (Lipinski definition) is 2. The molecule has 0 aromatic rings. The zero-order valence-corrected chi connectivity index (χ0v) is 8.95. The second kappa shape index (κ2) is 3.51. The fourth-order valence-corrected chi connectivity index (χ4v) is 2.98. The van der Waals surface area contributed by atoms with E-state index in [9.17, 15) is 9.59 Å². The first-order chi connectivity index (χ1) is 7.06. The highest BCUT2D eigenvalue weighted by Gasteiger charge is 2.56. The first-order valence-electron chi connectivity index (χ1n) is 5.57. The van der Waals surface area contributed by atoms with Gasteiger partial charge in [-0.1, -0.05) is 0 Å². The van der Waals surface area contributed by atoms with Crippen LogP contribution in [0.5, 0.6) is 0 Å². The molecule has 0 aromatic carbocycles. The summed E-state index contributed by atoms with van der Waals surface area (Å²) in [6.45, 7) is 2.59. The summed E-state index contributed by atoms with van der Waals surface area (Å²) in [6.07, 6.45) is 3.34. The Bertz CT molecular complexity index is 286. The molecule has 0 saturated heterocycles. The van der Waals surface area contributed by atoms with E-state index >= 15 is 0 Å². The highest BCUT2D eigenvalue weighted by Crippen LogP contribution is 2.61. The fourth-order valence-electron chi connectivity index (χ4n) is 2.98. The standard InChI is InChI=1S/C11H17NO3/c1-2-12-9(13)7-3-11(4-7)5-8(6-11)10(14)15/h7-8H,2-6H2,1H3,(H,12,13)(H,14,15). The van der Waals surface area contributed by atoms with Crippen LogP contribution in [-0.2, 0) is 9.59 Å². The topological polar surface area (TPSA) is 66.4 Å². The molecule has 4 heteroatoms. The molecule has 0 atom stereocenters. The average molecular weight is 211 g/mol. The summed E-state index contributed by atoms with van der Waals surface area (Å²) in [5.74, 6) is -0.552. The van der Waals surface area contributed by atoms with E-state index in [0.29, 0.717) is 6.54 Å². The molecule has 4 nitrogen and oxygen atoms in total. The molecular weight excluding hydrogens is 194 g/mol. The summed E-state index contributed by atoms with van der Waals surface area (Å²) >= 11 is 0. The van der Waals surface area contributed by atoms with Gasteiger partial charge in [0.2, 0.25) is 5.91 Å². The van der Waals surface area contributed by atoms with Crippen LogP contribution in [0.25, 0.3) is 0 Å². The Morgan fingerprint density at radius 2 is 1.80 bits per heavy atom. The monoisotopic (exact) mass is 211 g/mol. The van der Waals surface area contributed by atoms with Gasteiger partial charge in [0.25, 0.3) is 0 Å². The van der Waals surface area contributed by atoms with E-state index in [2.05, 4.69) is 5.32 Å². The zero-order chi connectivity index (χ0) is 11.1. The maximum Gasteiger partial charge on any atom is 0.306 e. The molecule has 2 aliphatic rings. The van der Waals surface area contributed by atoms with Crippen molar-refractivity contribution in [3.05, 3.63) is 0 Å². The fraction of sp³-hybridized carbons (Fsp3) is 0.818. The first kappa shape index (κ1) is 10.5. The first-order valence-corrected chi connectivity index (χ1v) is 5.57. The molecule has 1 spiro atoms. The second-order valence-corrected chi connectivity index (χ2v) is 4.94. The Kier molecular flexibility index (Phi) is 2.44. The molecule has 2 saturated carbocycles. The van der Waals surface area contributed by atoms with Gasteiger partial charge in [0, 0.05) is 12.5 Å². The SMILES string of the molecule is CCNC(=O)C1CC2(CC(C(=O)O)C2)C1. The summed E-state index contributed by atoms with van der Waals surface area (Å²) in [6, 6.07) is 0. The Hall–Kier alpha value is -1.06. The van der Waals surface area contributed by atoms with Crippen LogP contribution in [0, 0.1) is 17.3 Å². The molecule has 0 bridgehead atoms. The lowest BCUT2D eigenvalue weighted by molar-refractivity contribution is -0.161. The quantitative estimate of drug-likeness (QED) is 0.732. The lowest BCUT2D eigenvalue weighted by Crippen LogP contribution is -2.53. The van der Waals surface area contributed by atoms with E-state index in [4.69, 9.17) is 5.11 Å². The van der Waals surface area contributed by atoms with Crippen molar-refractivity contribution in [2.75, 3.05) is 6.54 Å². The Morgan fingerprint density at radius 3 is 2.27 bits per heavy atom. The normalized spacial score (nSPS) is 37.9. The van der Waals surface area contributed by atoms with Gasteiger partial charge in [-0.2, -0.15) is 0 Å². The molecule has 0 radical (unpaired) electrons. The van der Waals surface area contributed by atoms with Crippen LogP contribution in [0.4, 0.5) is 0 Å². The van der Waals surface area contributed by atoms with Gasteiger partial charge in [-0.25, -0.2) is 0 Å². The molecule has 2 rings (SSSR count). The third-order valence-corrected chi connectivity index (χ3v) is 3.79. The number of hydrogen-bond acceptors (Lipinski definition) is 2. The Labute approximate surface area is 89.0 Å². The lowest BCUT2D eigenvalue weighted by atomic mass is 9.48. The molecule has 15 heavy (non-hydrogen) atoms. The summed E-state index contributed by atoms with van der Waals surface area (Å²) in [4.78, 5) is 22.1. The second-order valence-electron chi connectivity index (χ2n) is 4.94. The van der Waals surface area contributed by atoms with E-state index in [1.54, 1.807) is 0 Å². The van der Waals surface area contributed by atoms with Crippen LogP contribution in [0.1, 0.15) is 32.6 Å². The van der Waals surface area contributed by atoms with E-state index in [-0.39, 0.29) is 23.2 Å². The maximum atomic E-state index is 11.4. The third kappa shape index (κ3) is 1.73. The van der Waals surface area contributed by atoms with Gasteiger partial charge in [0.1, 0.15) is 0 Å². The number of amides is 1. The van der Waals surface area contributed by atoms with E-state index < -0.39 is 5.97 Å². The highest BCUT2D eigenvalue weighted by molar-refractivity contribution is 5.80. The summed E-state index contributed by atoms with van der Waals surface area (Å²) in [5, 5.41) is 11.6. The van der Waals surface area contributed by atoms with Gasteiger partial charge in [-0.05, 0) is 38.0 Å². The number of carbonyl (C=O) groups is 2. The molecule has 2 aliphatic carbocycles. The van der Waals surface area contributed by atoms with Gasteiger partial charge >= 0.3 is 5.97 Å². The molecule has 0 aliphatic heterocycles. The van der Waals surface area contributed by atoms with Crippen LogP contribution >= 0.6 is 0 Å². The van der Waals surface area contributed by atoms with Crippen LogP contribution in [-0.4, -0.2) is 23.5 Å². The molecule has 2 fully saturated rings. The van der Waals surface area contributed by atoms with Gasteiger partial charge < -0.3 is 10.4 Å². The van der Waals surface area contributed by atoms with Gasteiger partial charge in [-0.15, -0.1) is 0 Å². The van der Waals surface area contributed by atoms with Gasteiger partial charge in [0.05, 0.1) is 5.92 Å². The zero-order valence-electron chi connectivity index (χ0n) is 8.95. The number of aliphatic carboxylic acids is 1. The third-order valence-electron chi connectivity index (χ3n) is 3.79. The maximum absolute atomic E-state index is 11.4. The smallest absolute Gasteiger partial charge is 0.306 e. The van der Waals surface area contributed by atoms with Crippen LogP contribution in [0.15, 0.2) is 0 Å². The van der Waals surface area contributed by atoms with Crippen molar-refractivity contribution in [3.63, 3.8) is 0 Å². The minimum atomic E-state index is -0.679. The number of carbonyl (C=O) groups excluding carboxylic acids is 1. The van der Waals surface area contributed by atoms with E-state index in [0.717, 1.165) is 25.7 Å². The van der Waals surface area contributed by atoms with Gasteiger partial charge in [-0.3, -0.25) is 9.59 Å². The summed E-state index contributed by atoms with van der Waals surface area (Å²) < 4.78 is 0. The molecule has 84 valence electrons. The van der Waals surface area contributed by atoms with Crippen molar-refractivity contribution >= 4 is 11.9 Å². The van der Waals surface area contributed by atoms with Crippen molar-refractivity contribution in [1.29, 1.82) is 0 Å². The van der Waals surface area contributed by atoms with E-state index in [1.165, 1.54) is 0 Å². The van der Waals surface area contributed by atoms with Crippen molar-refractivity contribution < 1.29 is 14.7 Å². The Balaban J connectivity index is 1.75. The summed E-state index contributed by atoms with van der Waals surface area (Å²) in [7, 11) is 0. The lowest BCUT2D eigenvalue weighted by Gasteiger charge is -2.56. The minimum Gasteiger partial charge on any atom is -0.481 e. The largest absolute Gasteiger partial charge is 0.481 e.